The van der Waals surface area contributed by atoms with Crippen LogP contribution in [-0.4, -0.2) is 34.0 Å². The second-order valence-electron chi connectivity index (χ2n) is 6.56. The molecule has 1 N–H and O–H groups in total. The van der Waals surface area contributed by atoms with E-state index >= 15 is 0 Å². The van der Waals surface area contributed by atoms with Gasteiger partial charge in [-0.15, -0.1) is 0 Å². The summed E-state index contributed by atoms with van der Waals surface area (Å²) >= 11 is 0. The van der Waals surface area contributed by atoms with Gasteiger partial charge in [-0.25, -0.2) is 8.42 Å². The van der Waals surface area contributed by atoms with Crippen molar-refractivity contribution in [1.29, 1.82) is 0 Å². The summed E-state index contributed by atoms with van der Waals surface area (Å²) in [6.07, 6.45) is 2.55. The normalized spacial score (nSPS) is 14.2. The number of nitrogens with one attached hydrogen (secondary N) is 1. The van der Waals surface area contributed by atoms with Gasteiger partial charge in [-0.3, -0.25) is 4.79 Å². The fourth-order valence-electron chi connectivity index (χ4n) is 3.11. The second-order valence-corrected chi connectivity index (χ2v) is 8.29. The summed E-state index contributed by atoms with van der Waals surface area (Å²) < 4.78 is 32.9. The number of piperidine rings is 1. The Bertz CT molecular complexity index is 1020. The van der Waals surface area contributed by atoms with Crippen LogP contribution in [0.25, 0.3) is 0 Å². The van der Waals surface area contributed by atoms with Gasteiger partial charge in [-0.2, -0.15) is 4.72 Å². The Kier molecular flexibility index (Phi) is 6.91. The summed E-state index contributed by atoms with van der Waals surface area (Å²) in [5, 5.41) is 0. The van der Waals surface area contributed by atoms with Gasteiger partial charge in [0.2, 0.25) is 15.9 Å². The molecule has 1 saturated heterocycles. The first-order chi connectivity index (χ1) is 14.0. The fraction of sp³-hybridized carbons (Fsp3) is 0.318. The highest BCUT2D eigenvalue weighted by Crippen LogP contribution is 2.23. The minimum absolute atomic E-state index is 0.0187. The molecule has 152 valence electrons. The van der Waals surface area contributed by atoms with E-state index in [0.717, 1.165) is 30.6 Å². The first kappa shape index (κ1) is 20.9. The maximum absolute atomic E-state index is 12.5. The van der Waals surface area contributed by atoms with Crippen molar-refractivity contribution >= 4 is 21.6 Å². The van der Waals surface area contributed by atoms with E-state index in [9.17, 15) is 13.2 Å². The monoisotopic (exact) mass is 412 g/mol. The molecule has 1 aliphatic heterocycles. The van der Waals surface area contributed by atoms with E-state index in [0.29, 0.717) is 18.8 Å². The number of nitrogens with zero attached hydrogens (tertiary/aromatic N) is 1. The van der Waals surface area contributed by atoms with Crippen LogP contribution in [0, 0.1) is 11.8 Å². The van der Waals surface area contributed by atoms with E-state index in [4.69, 9.17) is 4.74 Å². The number of rotatable bonds is 6. The summed E-state index contributed by atoms with van der Waals surface area (Å²) in [5.74, 6) is 6.23. The predicted octanol–water partition coefficient (Wildman–Crippen LogP) is 2.93. The molecule has 0 unspecified atom stereocenters. The van der Waals surface area contributed by atoms with E-state index in [1.54, 1.807) is 30.0 Å². The average molecular weight is 413 g/mol. The number of benzene rings is 2. The van der Waals surface area contributed by atoms with E-state index in [-0.39, 0.29) is 17.3 Å². The lowest BCUT2D eigenvalue weighted by Gasteiger charge is -2.26. The molecule has 29 heavy (non-hydrogen) atoms. The molecule has 0 aromatic heterocycles. The van der Waals surface area contributed by atoms with Gasteiger partial charge in [0.05, 0.1) is 13.2 Å². The molecule has 0 bridgehead atoms. The smallest absolute Gasteiger partial charge is 0.245 e. The van der Waals surface area contributed by atoms with Crippen LogP contribution < -0.4 is 14.4 Å². The highest BCUT2D eigenvalue weighted by Gasteiger charge is 2.19. The molecule has 1 heterocycles. The average Bonchev–Trinajstić information content (AvgIpc) is 2.73. The van der Waals surface area contributed by atoms with Gasteiger partial charge in [0.1, 0.15) is 10.6 Å². The van der Waals surface area contributed by atoms with Gasteiger partial charge >= 0.3 is 0 Å². The van der Waals surface area contributed by atoms with Crippen LogP contribution in [0.2, 0.25) is 0 Å². The van der Waals surface area contributed by atoms with Gasteiger partial charge in [0, 0.05) is 24.2 Å². The van der Waals surface area contributed by atoms with Crippen molar-refractivity contribution in [3.05, 3.63) is 54.1 Å². The molecule has 1 fully saturated rings. The quantitative estimate of drug-likeness (QED) is 0.741. The molecule has 0 aliphatic carbocycles. The lowest BCUT2D eigenvalue weighted by molar-refractivity contribution is -0.119. The number of para-hydroxylation sites is 1. The highest BCUT2D eigenvalue weighted by molar-refractivity contribution is 7.89. The van der Waals surface area contributed by atoms with Crippen LogP contribution in [0.5, 0.6) is 5.75 Å². The molecule has 0 radical (unpaired) electrons. The van der Waals surface area contributed by atoms with Crippen molar-refractivity contribution in [2.24, 2.45) is 0 Å². The van der Waals surface area contributed by atoms with Crippen molar-refractivity contribution in [2.75, 3.05) is 24.6 Å². The van der Waals surface area contributed by atoms with Gasteiger partial charge in [-0.1, -0.05) is 24.0 Å². The summed E-state index contributed by atoms with van der Waals surface area (Å²) in [4.78, 5) is 13.9. The molecule has 1 aliphatic rings. The largest absolute Gasteiger partial charge is 0.492 e. The Morgan fingerprint density at radius 1 is 1.10 bits per heavy atom. The summed E-state index contributed by atoms with van der Waals surface area (Å²) in [6.45, 7) is 2.91. The van der Waals surface area contributed by atoms with Crippen molar-refractivity contribution in [3.8, 4) is 17.6 Å². The number of anilines is 1. The second kappa shape index (κ2) is 9.59. The summed E-state index contributed by atoms with van der Waals surface area (Å²) in [5.41, 5.74) is 1.63. The zero-order chi connectivity index (χ0) is 20.7. The molecule has 2 aromatic carbocycles. The van der Waals surface area contributed by atoms with Gasteiger partial charge in [0.15, 0.2) is 0 Å². The van der Waals surface area contributed by atoms with Crippen LogP contribution in [0.3, 0.4) is 0 Å². The predicted molar refractivity (Wildman–Crippen MR) is 112 cm³/mol. The third-order valence-corrected chi connectivity index (χ3v) is 5.96. The van der Waals surface area contributed by atoms with Crippen LogP contribution in [-0.2, 0) is 14.8 Å². The van der Waals surface area contributed by atoms with Crippen LogP contribution in [0.1, 0.15) is 31.7 Å². The Labute approximate surface area is 171 Å². The van der Waals surface area contributed by atoms with Crippen molar-refractivity contribution < 1.29 is 17.9 Å². The number of carbonyl (C=O) groups excluding carboxylic acids is 1. The highest BCUT2D eigenvalue weighted by atomic mass is 32.2. The summed E-state index contributed by atoms with van der Waals surface area (Å²) in [6, 6.07) is 13.9. The Morgan fingerprint density at radius 3 is 2.59 bits per heavy atom. The molecule has 0 saturated carbocycles. The lowest BCUT2D eigenvalue weighted by Crippen LogP contribution is -2.35. The van der Waals surface area contributed by atoms with Crippen molar-refractivity contribution in [2.45, 2.75) is 31.1 Å². The van der Waals surface area contributed by atoms with Gasteiger partial charge in [-0.05, 0) is 56.2 Å². The van der Waals surface area contributed by atoms with E-state index in [1.165, 1.54) is 6.07 Å². The molecule has 7 heteroatoms. The Balaban J connectivity index is 1.62. The van der Waals surface area contributed by atoms with Crippen LogP contribution >= 0.6 is 0 Å². The third-order valence-electron chi connectivity index (χ3n) is 4.52. The zero-order valence-corrected chi connectivity index (χ0v) is 17.2. The SMILES string of the molecule is CCOc1ccccc1S(=O)(=O)NCC#Cc1ccc(N2CCCCC2=O)cc1. The van der Waals surface area contributed by atoms with Gasteiger partial charge in [0.25, 0.3) is 0 Å². The van der Waals surface area contributed by atoms with E-state index < -0.39 is 10.0 Å². The first-order valence-electron chi connectivity index (χ1n) is 9.62. The maximum atomic E-state index is 12.5. The molecule has 2 aromatic rings. The zero-order valence-electron chi connectivity index (χ0n) is 16.3. The lowest BCUT2D eigenvalue weighted by atomic mass is 10.1. The Morgan fingerprint density at radius 2 is 1.86 bits per heavy atom. The van der Waals surface area contributed by atoms with E-state index in [1.807, 2.05) is 24.3 Å². The molecule has 1 amide bonds. The number of sulfonamides is 1. The summed E-state index contributed by atoms with van der Waals surface area (Å²) in [7, 11) is -3.72. The van der Waals surface area contributed by atoms with Crippen molar-refractivity contribution in [1.82, 2.24) is 4.72 Å². The topological polar surface area (TPSA) is 75.7 Å². The van der Waals surface area contributed by atoms with Crippen molar-refractivity contribution in [3.63, 3.8) is 0 Å². The van der Waals surface area contributed by atoms with Crippen LogP contribution in [0.15, 0.2) is 53.4 Å². The molecule has 3 rings (SSSR count). The number of amides is 1. The minimum atomic E-state index is -3.72. The fourth-order valence-corrected chi connectivity index (χ4v) is 4.17. The molecule has 0 atom stereocenters. The third kappa shape index (κ3) is 5.37. The maximum Gasteiger partial charge on any atom is 0.245 e. The van der Waals surface area contributed by atoms with Gasteiger partial charge < -0.3 is 9.64 Å². The minimum Gasteiger partial charge on any atom is -0.492 e. The van der Waals surface area contributed by atoms with Crippen LogP contribution in [0.4, 0.5) is 5.69 Å². The standard InChI is InChI=1S/C22H24N2O4S/c1-2-28-20-9-3-4-10-21(20)29(26,27)23-16-7-8-18-12-14-19(15-13-18)24-17-6-5-11-22(24)25/h3-4,9-10,12-15,23H,2,5-6,11,16-17H2,1H3. The molecule has 6 nitrogen and oxygen atoms in total. The first-order valence-corrected chi connectivity index (χ1v) is 11.1. The van der Waals surface area contributed by atoms with E-state index in [2.05, 4.69) is 16.6 Å². The molecular formula is C22H24N2O4S. The number of ether oxygens (including phenoxy) is 1. The number of hydrogen-bond acceptors (Lipinski definition) is 4. The molecular weight excluding hydrogens is 388 g/mol. The number of carbonyl (C=O) groups is 1. The molecule has 0 spiro atoms. The number of hydrogen-bond donors (Lipinski definition) is 1. The Hall–Kier alpha value is -2.82.